The van der Waals surface area contributed by atoms with Crippen LogP contribution in [-0.2, 0) is 11.3 Å². The Morgan fingerprint density at radius 1 is 1.55 bits per heavy atom. The first kappa shape index (κ1) is 15.4. The molecule has 1 aliphatic carbocycles. The fourth-order valence-corrected chi connectivity index (χ4v) is 2.84. The topological polar surface area (TPSA) is 46.3 Å². The Labute approximate surface area is 125 Å². The molecule has 0 bridgehead atoms. The Balaban J connectivity index is 2.00. The zero-order chi connectivity index (χ0) is 14.8. The summed E-state index contributed by atoms with van der Waals surface area (Å²) < 4.78 is 5.47. The number of carbonyl (C=O) groups excluding carboxylic acids is 1. The maximum absolute atomic E-state index is 12.0. The largest absolute Gasteiger partial charge is 0.444 e. The molecular formula is C15H23ClN2O2. The van der Waals surface area contributed by atoms with E-state index >= 15 is 0 Å². The van der Waals surface area contributed by atoms with Crippen molar-refractivity contribution in [2.45, 2.75) is 46.6 Å². The lowest BCUT2D eigenvalue weighted by atomic mass is 9.86. The number of oxazole rings is 1. The number of aromatic nitrogens is 1. The van der Waals surface area contributed by atoms with Gasteiger partial charge in [0.25, 0.3) is 0 Å². The first-order valence-corrected chi connectivity index (χ1v) is 7.68. The van der Waals surface area contributed by atoms with E-state index < -0.39 is 0 Å². The zero-order valence-electron chi connectivity index (χ0n) is 12.5. The number of halogens is 1. The van der Waals surface area contributed by atoms with E-state index in [9.17, 15) is 4.79 Å². The van der Waals surface area contributed by atoms with E-state index in [1.165, 1.54) is 12.8 Å². The summed E-state index contributed by atoms with van der Waals surface area (Å²) in [5.41, 5.74) is 0.109. The Bertz CT molecular complexity index is 466. The second kappa shape index (κ2) is 6.17. The normalized spacial score (nSPS) is 15.4. The molecule has 0 spiro atoms. The van der Waals surface area contributed by atoms with Crippen LogP contribution in [0.15, 0.2) is 10.6 Å². The number of hydrogen-bond acceptors (Lipinski definition) is 3. The van der Waals surface area contributed by atoms with Gasteiger partial charge in [-0.1, -0.05) is 26.7 Å². The van der Waals surface area contributed by atoms with Crippen LogP contribution < -0.4 is 0 Å². The molecule has 1 aliphatic rings. The van der Waals surface area contributed by atoms with E-state index in [4.69, 9.17) is 16.0 Å². The van der Waals surface area contributed by atoms with Crippen LogP contribution in [0.5, 0.6) is 0 Å². The van der Waals surface area contributed by atoms with Crippen molar-refractivity contribution in [3.8, 4) is 0 Å². The summed E-state index contributed by atoms with van der Waals surface area (Å²) in [6, 6.07) is 0. The second-order valence-electron chi connectivity index (χ2n) is 6.54. The van der Waals surface area contributed by atoms with Gasteiger partial charge in [-0.2, -0.15) is 0 Å². The van der Waals surface area contributed by atoms with Gasteiger partial charge in [0.1, 0.15) is 11.6 Å². The third-order valence-electron chi connectivity index (χ3n) is 3.64. The Hall–Kier alpha value is -1.03. The fourth-order valence-electron chi connectivity index (χ4n) is 2.67. The molecule has 1 aromatic rings. The van der Waals surface area contributed by atoms with E-state index in [0.717, 1.165) is 12.3 Å². The zero-order valence-corrected chi connectivity index (χ0v) is 13.2. The summed E-state index contributed by atoms with van der Waals surface area (Å²) in [7, 11) is 0. The van der Waals surface area contributed by atoms with Crippen LogP contribution in [-0.4, -0.2) is 28.2 Å². The SMILES string of the molecule is Cc1ncc(CN(CC(C)(C)CC2CC2)C(=O)CCl)o1. The Morgan fingerprint density at radius 3 is 2.75 bits per heavy atom. The maximum atomic E-state index is 12.0. The molecule has 1 aromatic heterocycles. The van der Waals surface area contributed by atoms with Crippen molar-refractivity contribution in [1.82, 2.24) is 9.88 Å². The number of aryl methyl sites for hydroxylation is 1. The molecule has 0 saturated heterocycles. The highest BCUT2D eigenvalue weighted by atomic mass is 35.5. The molecule has 0 aromatic carbocycles. The highest BCUT2D eigenvalue weighted by Crippen LogP contribution is 2.40. The van der Waals surface area contributed by atoms with Crippen LogP contribution in [0.2, 0.25) is 0 Å². The van der Waals surface area contributed by atoms with E-state index in [1.807, 2.05) is 0 Å². The van der Waals surface area contributed by atoms with Crippen LogP contribution in [0.1, 0.15) is 44.8 Å². The standard InChI is InChI=1S/C15H23ClN2O2/c1-11-17-8-13(20-11)9-18(14(19)7-16)10-15(2,3)6-12-4-5-12/h8,12H,4-7,9-10H2,1-3H3. The summed E-state index contributed by atoms with van der Waals surface area (Å²) in [5.74, 6) is 2.13. The minimum atomic E-state index is -0.0513. The molecule has 0 atom stereocenters. The summed E-state index contributed by atoms with van der Waals surface area (Å²) in [6.07, 6.45) is 5.49. The van der Waals surface area contributed by atoms with Crippen molar-refractivity contribution in [3.05, 3.63) is 17.8 Å². The van der Waals surface area contributed by atoms with Crippen LogP contribution >= 0.6 is 11.6 Å². The average Bonchev–Trinajstić information content (AvgIpc) is 3.07. The molecule has 112 valence electrons. The van der Waals surface area contributed by atoms with E-state index in [1.54, 1.807) is 18.0 Å². The van der Waals surface area contributed by atoms with Crippen LogP contribution in [0.3, 0.4) is 0 Å². The maximum Gasteiger partial charge on any atom is 0.237 e. The molecule has 20 heavy (non-hydrogen) atoms. The smallest absolute Gasteiger partial charge is 0.237 e. The first-order chi connectivity index (χ1) is 9.39. The lowest BCUT2D eigenvalue weighted by molar-refractivity contribution is -0.131. The molecule has 4 nitrogen and oxygen atoms in total. The molecular weight excluding hydrogens is 276 g/mol. The molecule has 0 aliphatic heterocycles. The summed E-state index contributed by atoms with van der Waals surface area (Å²) in [6.45, 7) is 7.38. The van der Waals surface area contributed by atoms with Crippen molar-refractivity contribution < 1.29 is 9.21 Å². The number of amides is 1. The second-order valence-corrected chi connectivity index (χ2v) is 6.81. The molecule has 1 heterocycles. The number of hydrogen-bond donors (Lipinski definition) is 0. The third kappa shape index (κ3) is 4.51. The average molecular weight is 299 g/mol. The van der Waals surface area contributed by atoms with Gasteiger partial charge in [0, 0.05) is 13.5 Å². The van der Waals surface area contributed by atoms with Crippen LogP contribution in [0.4, 0.5) is 0 Å². The van der Waals surface area contributed by atoms with Gasteiger partial charge in [0.05, 0.1) is 12.7 Å². The van der Waals surface area contributed by atoms with Gasteiger partial charge in [-0.3, -0.25) is 4.79 Å². The predicted molar refractivity (Wildman–Crippen MR) is 78.5 cm³/mol. The number of rotatable bonds is 7. The lowest BCUT2D eigenvalue weighted by Crippen LogP contribution is -2.39. The van der Waals surface area contributed by atoms with Crippen LogP contribution in [0.25, 0.3) is 0 Å². The molecule has 1 amide bonds. The monoisotopic (exact) mass is 298 g/mol. The lowest BCUT2D eigenvalue weighted by Gasteiger charge is -2.32. The highest BCUT2D eigenvalue weighted by Gasteiger charge is 2.32. The molecule has 0 N–H and O–H groups in total. The Kier molecular flexibility index (Phi) is 4.74. The molecule has 5 heteroatoms. The van der Waals surface area contributed by atoms with Gasteiger partial charge in [-0.25, -0.2) is 4.98 Å². The van der Waals surface area contributed by atoms with Gasteiger partial charge >= 0.3 is 0 Å². The van der Waals surface area contributed by atoms with Gasteiger partial charge < -0.3 is 9.32 Å². The third-order valence-corrected chi connectivity index (χ3v) is 3.87. The van der Waals surface area contributed by atoms with E-state index in [0.29, 0.717) is 24.7 Å². The summed E-state index contributed by atoms with van der Waals surface area (Å²) in [5, 5.41) is 0. The first-order valence-electron chi connectivity index (χ1n) is 7.15. The minimum absolute atomic E-state index is 0.00658. The van der Waals surface area contributed by atoms with Crippen molar-refractivity contribution >= 4 is 17.5 Å². The summed E-state index contributed by atoms with van der Waals surface area (Å²) in [4.78, 5) is 17.9. The number of alkyl halides is 1. The Morgan fingerprint density at radius 2 is 2.25 bits per heavy atom. The van der Waals surface area contributed by atoms with Crippen LogP contribution in [0, 0.1) is 18.3 Å². The minimum Gasteiger partial charge on any atom is -0.444 e. The van der Waals surface area contributed by atoms with Crippen molar-refractivity contribution in [2.75, 3.05) is 12.4 Å². The van der Waals surface area contributed by atoms with Gasteiger partial charge in [0.2, 0.25) is 5.91 Å². The van der Waals surface area contributed by atoms with Gasteiger partial charge in [0.15, 0.2) is 5.89 Å². The summed E-state index contributed by atoms with van der Waals surface area (Å²) >= 11 is 5.73. The number of carbonyl (C=O) groups is 1. The van der Waals surface area contributed by atoms with Gasteiger partial charge in [-0.15, -0.1) is 11.6 Å². The van der Waals surface area contributed by atoms with E-state index in [2.05, 4.69) is 18.8 Å². The molecule has 0 radical (unpaired) electrons. The van der Waals surface area contributed by atoms with Crippen molar-refractivity contribution in [3.63, 3.8) is 0 Å². The fraction of sp³-hybridized carbons (Fsp3) is 0.733. The highest BCUT2D eigenvalue weighted by molar-refractivity contribution is 6.27. The molecule has 1 fully saturated rings. The molecule has 2 rings (SSSR count). The predicted octanol–water partition coefficient (Wildman–Crippen LogP) is 3.38. The molecule has 0 unspecified atom stereocenters. The quantitative estimate of drug-likeness (QED) is 0.725. The van der Waals surface area contributed by atoms with Gasteiger partial charge in [-0.05, 0) is 17.8 Å². The number of nitrogens with zero attached hydrogens (tertiary/aromatic N) is 2. The molecule has 1 saturated carbocycles. The van der Waals surface area contributed by atoms with Crippen molar-refractivity contribution in [2.24, 2.45) is 11.3 Å². The van der Waals surface area contributed by atoms with Crippen molar-refractivity contribution in [1.29, 1.82) is 0 Å². The van der Waals surface area contributed by atoms with E-state index in [-0.39, 0.29) is 17.2 Å².